The summed E-state index contributed by atoms with van der Waals surface area (Å²) < 4.78 is 7.78. The molecular weight excluding hydrogens is 238 g/mol. The monoisotopic (exact) mass is 251 g/mol. The predicted molar refractivity (Wildman–Crippen MR) is 66.5 cm³/mol. The lowest BCUT2D eigenvalue weighted by Crippen LogP contribution is -2.23. The average Bonchev–Trinajstić information content (AvgIpc) is 2.65. The first-order valence-corrected chi connectivity index (χ1v) is 6.05. The molecule has 0 saturated heterocycles. The van der Waals surface area contributed by atoms with Crippen LogP contribution >= 0.6 is 11.3 Å². The molecule has 5 nitrogen and oxygen atoms in total. The molecule has 0 spiro atoms. The largest absolute Gasteiger partial charge is 0.449 e. The molecule has 2 rings (SSSR count). The molecule has 0 fully saturated rings. The molecule has 0 atom stereocenters. The number of nitrogens with one attached hydrogen (secondary N) is 1. The van der Waals surface area contributed by atoms with Crippen LogP contribution in [-0.4, -0.2) is 17.3 Å². The number of para-hydroxylation sites is 1. The van der Waals surface area contributed by atoms with Crippen molar-refractivity contribution in [3.05, 3.63) is 29.1 Å². The maximum atomic E-state index is 11.1. The van der Waals surface area contributed by atoms with Gasteiger partial charge in [0.15, 0.2) is 0 Å². The summed E-state index contributed by atoms with van der Waals surface area (Å²) in [7, 11) is 1.91. The van der Waals surface area contributed by atoms with Crippen molar-refractivity contribution >= 4 is 27.6 Å². The summed E-state index contributed by atoms with van der Waals surface area (Å²) in [5.74, 6) is 0. The number of carbonyl (C=O) groups is 1. The highest BCUT2D eigenvalue weighted by Gasteiger charge is 2.02. The Bertz CT molecular complexity index is 600. The van der Waals surface area contributed by atoms with Crippen molar-refractivity contribution in [2.45, 2.75) is 6.92 Å². The lowest BCUT2D eigenvalue weighted by Gasteiger charge is -1.98. The third-order valence-corrected chi connectivity index (χ3v) is 3.35. The van der Waals surface area contributed by atoms with E-state index in [1.165, 1.54) is 11.3 Å². The van der Waals surface area contributed by atoms with E-state index in [-0.39, 0.29) is 0 Å². The molecule has 1 heterocycles. The van der Waals surface area contributed by atoms with Crippen LogP contribution in [0.4, 0.5) is 4.79 Å². The van der Waals surface area contributed by atoms with Crippen LogP contribution in [0.3, 0.4) is 0 Å². The lowest BCUT2D eigenvalue weighted by atomic mass is 10.3. The Labute approximate surface area is 102 Å². The Morgan fingerprint density at radius 3 is 3.00 bits per heavy atom. The Kier molecular flexibility index (Phi) is 3.43. The van der Waals surface area contributed by atoms with Crippen molar-refractivity contribution in [2.75, 3.05) is 6.61 Å². The minimum Gasteiger partial charge on any atom is -0.449 e. The number of rotatable bonds is 2. The van der Waals surface area contributed by atoms with Gasteiger partial charge in [0, 0.05) is 7.05 Å². The normalized spacial score (nSPS) is 11.8. The number of nitrogens with zero attached hydrogens (tertiary/aromatic N) is 2. The third kappa shape index (κ3) is 2.47. The van der Waals surface area contributed by atoms with Gasteiger partial charge < -0.3 is 9.30 Å². The lowest BCUT2D eigenvalue weighted by molar-refractivity contribution is 0.152. The van der Waals surface area contributed by atoms with E-state index in [2.05, 4.69) is 10.5 Å². The number of thiazole rings is 1. The van der Waals surface area contributed by atoms with Crippen LogP contribution in [0, 0.1) is 0 Å². The molecule has 6 heteroatoms. The molecular formula is C11H13N3O2S. The van der Waals surface area contributed by atoms with Gasteiger partial charge in [-0.3, -0.25) is 0 Å². The minimum atomic E-state index is -0.537. The molecule has 0 saturated carbocycles. The second-order valence-electron chi connectivity index (χ2n) is 3.36. The van der Waals surface area contributed by atoms with Crippen molar-refractivity contribution in [1.82, 2.24) is 9.99 Å². The van der Waals surface area contributed by atoms with Crippen molar-refractivity contribution in [3.63, 3.8) is 0 Å². The number of fused-ring (bicyclic) bond motifs is 1. The van der Waals surface area contributed by atoms with Gasteiger partial charge in [-0.1, -0.05) is 23.5 Å². The van der Waals surface area contributed by atoms with Gasteiger partial charge in [-0.05, 0) is 19.1 Å². The Hall–Kier alpha value is -1.82. The predicted octanol–water partition coefficient (Wildman–Crippen LogP) is 1.80. The Morgan fingerprint density at radius 1 is 1.53 bits per heavy atom. The number of ether oxygens (including phenoxy) is 1. The number of hydrogen-bond acceptors (Lipinski definition) is 4. The van der Waals surface area contributed by atoms with Crippen LogP contribution in [0.25, 0.3) is 10.2 Å². The molecule has 1 N–H and O–H groups in total. The maximum Gasteiger partial charge on any atom is 0.427 e. The first kappa shape index (κ1) is 11.7. The number of aryl methyl sites for hydroxylation is 1. The first-order valence-electron chi connectivity index (χ1n) is 5.23. The summed E-state index contributed by atoms with van der Waals surface area (Å²) in [4.78, 5) is 11.8. The molecule has 1 aromatic heterocycles. The molecule has 0 aliphatic rings. The van der Waals surface area contributed by atoms with Crippen LogP contribution in [0.5, 0.6) is 0 Å². The SMILES string of the molecule is CCOC(=O)NN=c1sc2ccccc2n1C. The van der Waals surface area contributed by atoms with E-state index in [0.717, 1.165) is 15.0 Å². The van der Waals surface area contributed by atoms with Crippen LogP contribution in [0.2, 0.25) is 0 Å². The summed E-state index contributed by atoms with van der Waals surface area (Å²) in [6.45, 7) is 2.08. The van der Waals surface area contributed by atoms with Gasteiger partial charge in [0.1, 0.15) is 0 Å². The molecule has 0 bridgehead atoms. The van der Waals surface area contributed by atoms with Crippen molar-refractivity contribution in [1.29, 1.82) is 0 Å². The summed E-state index contributed by atoms with van der Waals surface area (Å²) in [6, 6.07) is 7.97. The summed E-state index contributed by atoms with van der Waals surface area (Å²) in [5.41, 5.74) is 3.44. The molecule has 0 aliphatic heterocycles. The number of hydrogen-bond donors (Lipinski definition) is 1. The third-order valence-electron chi connectivity index (χ3n) is 2.23. The highest BCUT2D eigenvalue weighted by atomic mass is 32.1. The first-order chi connectivity index (χ1) is 8.22. The Morgan fingerprint density at radius 2 is 2.29 bits per heavy atom. The summed E-state index contributed by atoms with van der Waals surface area (Å²) in [6.07, 6.45) is -0.537. The quantitative estimate of drug-likeness (QED) is 0.827. The van der Waals surface area contributed by atoms with Gasteiger partial charge in [-0.2, -0.15) is 0 Å². The van der Waals surface area contributed by atoms with Gasteiger partial charge in [-0.25, -0.2) is 10.2 Å². The highest BCUT2D eigenvalue weighted by Crippen LogP contribution is 2.14. The van der Waals surface area contributed by atoms with E-state index in [4.69, 9.17) is 4.74 Å². The van der Waals surface area contributed by atoms with Crippen LogP contribution in [0.15, 0.2) is 29.4 Å². The van der Waals surface area contributed by atoms with Gasteiger partial charge >= 0.3 is 6.09 Å². The van der Waals surface area contributed by atoms with Gasteiger partial charge in [0.2, 0.25) is 4.80 Å². The molecule has 0 unspecified atom stereocenters. The van der Waals surface area contributed by atoms with Crippen LogP contribution in [0.1, 0.15) is 6.92 Å². The second-order valence-corrected chi connectivity index (χ2v) is 4.36. The molecule has 90 valence electrons. The highest BCUT2D eigenvalue weighted by molar-refractivity contribution is 7.16. The standard InChI is InChI=1S/C11H13N3O2S/c1-3-16-11(15)13-12-10-14(2)8-6-4-5-7-9(8)17-10/h4-7H,3H2,1-2H3,(H,13,15). The molecule has 17 heavy (non-hydrogen) atoms. The minimum absolute atomic E-state index is 0.333. The van der Waals surface area contributed by atoms with Crippen molar-refractivity contribution in [3.8, 4) is 0 Å². The summed E-state index contributed by atoms with van der Waals surface area (Å²) in [5, 5.41) is 4.02. The average molecular weight is 251 g/mol. The number of aromatic nitrogens is 1. The molecule has 0 aliphatic carbocycles. The molecule has 0 radical (unpaired) electrons. The van der Waals surface area contributed by atoms with E-state index in [1.807, 2.05) is 35.9 Å². The smallest absolute Gasteiger partial charge is 0.427 e. The fraction of sp³-hybridized carbons (Fsp3) is 0.273. The topological polar surface area (TPSA) is 55.6 Å². The number of amides is 1. The van der Waals surface area contributed by atoms with Crippen LogP contribution < -0.4 is 10.2 Å². The van der Waals surface area contributed by atoms with E-state index < -0.39 is 6.09 Å². The van der Waals surface area contributed by atoms with E-state index >= 15 is 0 Å². The van der Waals surface area contributed by atoms with E-state index in [1.54, 1.807) is 6.92 Å². The van der Waals surface area contributed by atoms with Gasteiger partial charge in [-0.15, -0.1) is 5.10 Å². The Balaban J connectivity index is 2.32. The summed E-state index contributed by atoms with van der Waals surface area (Å²) >= 11 is 1.51. The second kappa shape index (κ2) is 5.01. The molecule has 1 aromatic carbocycles. The zero-order chi connectivity index (χ0) is 12.3. The maximum absolute atomic E-state index is 11.1. The molecule has 1 amide bonds. The number of benzene rings is 1. The van der Waals surface area contributed by atoms with E-state index in [0.29, 0.717) is 6.61 Å². The fourth-order valence-corrected chi connectivity index (χ4v) is 2.42. The molecule has 2 aromatic rings. The number of carbonyl (C=O) groups excluding carboxylic acids is 1. The zero-order valence-electron chi connectivity index (χ0n) is 9.64. The van der Waals surface area contributed by atoms with Crippen LogP contribution in [-0.2, 0) is 11.8 Å². The van der Waals surface area contributed by atoms with E-state index in [9.17, 15) is 4.79 Å². The fourth-order valence-electron chi connectivity index (χ4n) is 1.45. The van der Waals surface area contributed by atoms with Crippen molar-refractivity contribution in [2.24, 2.45) is 12.1 Å². The van der Waals surface area contributed by atoms with Gasteiger partial charge in [0.25, 0.3) is 0 Å². The van der Waals surface area contributed by atoms with Crippen molar-refractivity contribution < 1.29 is 9.53 Å². The zero-order valence-corrected chi connectivity index (χ0v) is 10.5. The van der Waals surface area contributed by atoms with Gasteiger partial charge in [0.05, 0.1) is 16.8 Å².